The number of aromatic amines is 1. The highest BCUT2D eigenvalue weighted by molar-refractivity contribution is 5.94. The number of carbonyl (C=O) groups is 1. The van der Waals surface area contributed by atoms with E-state index in [0.29, 0.717) is 36.5 Å². The van der Waals surface area contributed by atoms with Crippen molar-refractivity contribution >= 4 is 16.9 Å². The fraction of sp³-hybridized carbons (Fsp3) is 0.391. The molecule has 1 aromatic carbocycles. The van der Waals surface area contributed by atoms with Gasteiger partial charge in [-0.05, 0) is 31.4 Å². The van der Waals surface area contributed by atoms with E-state index in [9.17, 15) is 15.2 Å². The lowest BCUT2D eigenvalue weighted by atomic mass is 9.84. The first-order chi connectivity index (χ1) is 15.0. The van der Waals surface area contributed by atoms with Crippen molar-refractivity contribution in [3.63, 3.8) is 0 Å². The van der Waals surface area contributed by atoms with Crippen LogP contribution in [0.25, 0.3) is 10.9 Å². The molecule has 0 saturated carbocycles. The third-order valence-corrected chi connectivity index (χ3v) is 5.78. The zero-order valence-corrected chi connectivity index (χ0v) is 17.6. The molecule has 0 bridgehead atoms. The summed E-state index contributed by atoms with van der Waals surface area (Å²) < 4.78 is 12.1. The molecule has 1 aliphatic rings. The van der Waals surface area contributed by atoms with E-state index in [1.807, 2.05) is 13.8 Å². The zero-order valence-electron chi connectivity index (χ0n) is 17.6. The molecule has 8 heteroatoms. The molecule has 1 aliphatic heterocycles. The van der Waals surface area contributed by atoms with Crippen LogP contribution >= 0.6 is 0 Å². The Balaban J connectivity index is 1.84. The summed E-state index contributed by atoms with van der Waals surface area (Å²) in [6.45, 7) is 4.58. The molecule has 0 spiro atoms. The van der Waals surface area contributed by atoms with Gasteiger partial charge in [0.1, 0.15) is 18.0 Å². The number of aryl methyl sites for hydroxylation is 1. The predicted molar refractivity (Wildman–Crippen MR) is 113 cm³/mol. The maximum Gasteiger partial charge on any atom is 0.306 e. The molecular weight excluding hydrogens is 396 g/mol. The van der Waals surface area contributed by atoms with Gasteiger partial charge in [0.05, 0.1) is 47.8 Å². The third-order valence-electron chi connectivity index (χ3n) is 5.78. The van der Waals surface area contributed by atoms with Crippen LogP contribution in [0, 0.1) is 18.3 Å². The van der Waals surface area contributed by atoms with Crippen molar-refractivity contribution in [3.8, 4) is 11.8 Å². The van der Waals surface area contributed by atoms with Gasteiger partial charge in [-0.15, -0.1) is 0 Å². The zero-order chi connectivity index (χ0) is 22.0. The van der Waals surface area contributed by atoms with E-state index >= 15 is 0 Å². The van der Waals surface area contributed by atoms with Gasteiger partial charge in [-0.3, -0.25) is 14.8 Å². The summed E-state index contributed by atoms with van der Waals surface area (Å²) in [6, 6.07) is 4.03. The van der Waals surface area contributed by atoms with Gasteiger partial charge in [0, 0.05) is 23.3 Å². The Hall–Kier alpha value is -3.44. The number of carboxylic acids is 1. The summed E-state index contributed by atoms with van der Waals surface area (Å²) in [5, 5.41) is 20.3. The molecule has 2 aromatic heterocycles. The Morgan fingerprint density at radius 1 is 1.45 bits per heavy atom. The van der Waals surface area contributed by atoms with Gasteiger partial charge < -0.3 is 19.6 Å². The number of nitrogens with one attached hydrogen (secondary N) is 1. The van der Waals surface area contributed by atoms with Crippen LogP contribution in [0.15, 0.2) is 24.7 Å². The largest absolute Gasteiger partial charge is 0.487 e. The van der Waals surface area contributed by atoms with Crippen LogP contribution in [-0.4, -0.2) is 32.6 Å². The quantitative estimate of drug-likeness (QED) is 0.597. The Labute approximate surface area is 179 Å². The second-order valence-electron chi connectivity index (χ2n) is 7.79. The van der Waals surface area contributed by atoms with Gasteiger partial charge in [0.25, 0.3) is 0 Å². The van der Waals surface area contributed by atoms with Crippen LogP contribution in [0.3, 0.4) is 0 Å². The van der Waals surface area contributed by atoms with E-state index in [1.165, 1.54) is 0 Å². The molecule has 2 N–H and O–H groups in total. The van der Waals surface area contributed by atoms with Gasteiger partial charge in [0.2, 0.25) is 0 Å². The van der Waals surface area contributed by atoms with Gasteiger partial charge in [-0.25, -0.2) is 0 Å². The minimum Gasteiger partial charge on any atom is -0.487 e. The molecule has 3 heterocycles. The minimum atomic E-state index is -0.924. The lowest BCUT2D eigenvalue weighted by molar-refractivity contribution is -0.149. The second kappa shape index (κ2) is 8.36. The molecule has 4 rings (SSSR count). The maximum absolute atomic E-state index is 11.7. The fourth-order valence-corrected chi connectivity index (χ4v) is 4.48. The smallest absolute Gasteiger partial charge is 0.306 e. The van der Waals surface area contributed by atoms with Crippen molar-refractivity contribution < 1.29 is 19.4 Å². The number of aromatic nitrogens is 3. The van der Waals surface area contributed by atoms with Crippen LogP contribution in [0.5, 0.6) is 5.75 Å². The SMILES string of the molecule is CCCC1(CC(=O)O)OCCc2c1[nH]c1c(C)c(OCc3cnccn3)cc(C#N)c21. The summed E-state index contributed by atoms with van der Waals surface area (Å²) in [5.74, 6) is -0.335. The number of H-pyrrole nitrogens is 1. The Bertz CT molecular complexity index is 1170. The number of rotatable bonds is 7. The highest BCUT2D eigenvalue weighted by atomic mass is 16.5. The van der Waals surface area contributed by atoms with Crippen molar-refractivity contribution in [1.29, 1.82) is 5.26 Å². The first kappa shape index (κ1) is 20.8. The van der Waals surface area contributed by atoms with Crippen molar-refractivity contribution in [1.82, 2.24) is 15.0 Å². The van der Waals surface area contributed by atoms with E-state index in [-0.39, 0.29) is 13.0 Å². The van der Waals surface area contributed by atoms with Gasteiger partial charge in [-0.2, -0.15) is 5.26 Å². The molecule has 0 fully saturated rings. The van der Waals surface area contributed by atoms with Crippen LogP contribution in [0.1, 0.15) is 54.3 Å². The Morgan fingerprint density at radius 2 is 2.29 bits per heavy atom. The number of fused-ring (bicyclic) bond motifs is 3. The molecule has 3 aromatic rings. The monoisotopic (exact) mass is 420 g/mol. The number of carboxylic acid groups (broad SMARTS) is 1. The maximum atomic E-state index is 11.7. The van der Waals surface area contributed by atoms with Crippen molar-refractivity contribution in [2.45, 2.75) is 51.7 Å². The fourth-order valence-electron chi connectivity index (χ4n) is 4.48. The average Bonchev–Trinajstić information content (AvgIpc) is 3.16. The molecule has 0 saturated heterocycles. The molecule has 31 heavy (non-hydrogen) atoms. The number of nitriles is 1. The number of nitrogens with zero attached hydrogens (tertiary/aromatic N) is 3. The van der Waals surface area contributed by atoms with E-state index in [0.717, 1.165) is 34.1 Å². The molecule has 8 nitrogen and oxygen atoms in total. The van der Waals surface area contributed by atoms with Crippen LogP contribution in [0.2, 0.25) is 0 Å². The van der Waals surface area contributed by atoms with E-state index < -0.39 is 11.6 Å². The first-order valence-corrected chi connectivity index (χ1v) is 10.3. The minimum absolute atomic E-state index is 0.127. The molecule has 0 aliphatic carbocycles. The average molecular weight is 420 g/mol. The summed E-state index contributed by atoms with van der Waals surface area (Å²) in [4.78, 5) is 23.3. The van der Waals surface area contributed by atoms with Crippen LogP contribution < -0.4 is 4.74 Å². The summed E-state index contributed by atoms with van der Waals surface area (Å²) in [5.41, 5.74) is 3.63. The highest BCUT2D eigenvalue weighted by Gasteiger charge is 2.42. The molecule has 1 atom stereocenters. The number of ether oxygens (including phenoxy) is 2. The predicted octanol–water partition coefficient (Wildman–Crippen LogP) is 3.76. The molecule has 0 radical (unpaired) electrons. The molecule has 160 valence electrons. The lowest BCUT2D eigenvalue weighted by Crippen LogP contribution is -2.37. The van der Waals surface area contributed by atoms with Gasteiger partial charge in [-0.1, -0.05) is 13.3 Å². The normalized spacial score (nSPS) is 17.8. The van der Waals surface area contributed by atoms with E-state index in [1.54, 1.807) is 24.7 Å². The first-order valence-electron chi connectivity index (χ1n) is 10.3. The molecular formula is C23H24N4O4. The summed E-state index contributed by atoms with van der Waals surface area (Å²) in [6.07, 6.45) is 6.68. The number of hydrogen-bond donors (Lipinski definition) is 2. The van der Waals surface area contributed by atoms with E-state index in [2.05, 4.69) is 21.0 Å². The second-order valence-corrected chi connectivity index (χ2v) is 7.79. The van der Waals surface area contributed by atoms with Gasteiger partial charge >= 0.3 is 5.97 Å². The number of aliphatic carboxylic acids is 1. The van der Waals surface area contributed by atoms with Crippen LogP contribution in [-0.2, 0) is 28.2 Å². The third kappa shape index (κ3) is 3.73. The Morgan fingerprint density at radius 3 is 2.97 bits per heavy atom. The topological polar surface area (TPSA) is 121 Å². The lowest BCUT2D eigenvalue weighted by Gasteiger charge is -2.36. The van der Waals surface area contributed by atoms with Crippen molar-refractivity contribution in [2.75, 3.05) is 6.61 Å². The van der Waals surface area contributed by atoms with Crippen molar-refractivity contribution in [2.24, 2.45) is 0 Å². The molecule has 1 unspecified atom stereocenters. The van der Waals surface area contributed by atoms with Crippen molar-refractivity contribution in [3.05, 3.63) is 52.7 Å². The van der Waals surface area contributed by atoms with E-state index in [4.69, 9.17) is 9.47 Å². The Kier molecular flexibility index (Phi) is 5.61. The standard InChI is InChI=1S/C23H24N4O4/c1-3-5-23(10-19(28)29)22-17(4-8-31-23)20-15(11-24)9-18(14(2)21(20)27-22)30-13-16-12-25-6-7-26-16/h6-7,9,12,27H,3-5,8,10,13H2,1-2H3,(H,28,29). The summed E-state index contributed by atoms with van der Waals surface area (Å²) in [7, 11) is 0. The number of hydrogen-bond acceptors (Lipinski definition) is 6. The number of benzene rings is 1. The highest BCUT2D eigenvalue weighted by Crippen LogP contribution is 2.45. The van der Waals surface area contributed by atoms with Gasteiger partial charge in [0.15, 0.2) is 0 Å². The molecule has 0 amide bonds. The summed E-state index contributed by atoms with van der Waals surface area (Å²) >= 11 is 0. The van der Waals surface area contributed by atoms with Crippen LogP contribution in [0.4, 0.5) is 0 Å².